The Bertz CT molecular complexity index is 868. The molecule has 186 valence electrons. The highest BCUT2D eigenvalue weighted by Gasteiger charge is 2.22. The van der Waals surface area contributed by atoms with Crippen LogP contribution in [0.2, 0.25) is 0 Å². The van der Waals surface area contributed by atoms with E-state index in [1.807, 2.05) is 51.7 Å². The van der Waals surface area contributed by atoms with E-state index in [-0.39, 0.29) is 11.8 Å². The minimum absolute atomic E-state index is 0.0311. The van der Waals surface area contributed by atoms with Crippen molar-refractivity contribution in [1.29, 1.82) is 0 Å². The van der Waals surface area contributed by atoms with Crippen LogP contribution in [-0.4, -0.2) is 49.9 Å². The molecule has 1 aromatic heterocycles. The van der Waals surface area contributed by atoms with Crippen molar-refractivity contribution in [2.45, 2.75) is 91.5 Å². The van der Waals surface area contributed by atoms with Gasteiger partial charge < -0.3 is 16.1 Å². The molecule has 0 unspecified atom stereocenters. The molecule has 1 aromatic rings. The molecule has 2 heterocycles. The van der Waals surface area contributed by atoms with Gasteiger partial charge in [0.2, 0.25) is 5.91 Å². The normalized spacial score (nSPS) is 14.2. The molecule has 0 aliphatic carbocycles. The zero-order valence-corrected chi connectivity index (χ0v) is 21.1. The van der Waals surface area contributed by atoms with E-state index in [0.29, 0.717) is 5.82 Å². The number of hydrogen-bond acceptors (Lipinski definition) is 5. The molecule has 0 radical (unpaired) electrons. The largest absolute Gasteiger partial charge is 0.373 e. The number of allylic oxidation sites excluding steroid dienone is 3. The van der Waals surface area contributed by atoms with E-state index >= 15 is 0 Å². The number of hydrogen-bond donors (Lipinski definition) is 2. The molecule has 9 nitrogen and oxygen atoms in total. The summed E-state index contributed by atoms with van der Waals surface area (Å²) in [5.41, 5.74) is -1.08. The molecule has 0 atom stereocenters. The second kappa shape index (κ2) is 13.6. The van der Waals surface area contributed by atoms with Crippen molar-refractivity contribution in [3.05, 3.63) is 40.6 Å². The highest BCUT2D eigenvalue weighted by Crippen LogP contribution is 2.08. The average Bonchev–Trinajstić information content (AvgIpc) is 3.36. The lowest BCUT2D eigenvalue weighted by Crippen LogP contribution is -2.47. The van der Waals surface area contributed by atoms with E-state index in [1.54, 1.807) is 6.08 Å². The SMILES string of the molecule is CC(C)c1nn(C(=O)NC(C)(C)C)c(=O)n1N.CCCCC/C=C/C=C/C(=O)N1CCCC1. The third-order valence-corrected chi connectivity index (χ3v) is 4.91. The third kappa shape index (κ3) is 10.1. The Balaban J connectivity index is 0.000000331. The van der Waals surface area contributed by atoms with Crippen molar-refractivity contribution in [2.24, 2.45) is 0 Å². The van der Waals surface area contributed by atoms with Crippen molar-refractivity contribution in [3.63, 3.8) is 0 Å². The zero-order chi connectivity index (χ0) is 25.0. The molecule has 0 bridgehead atoms. The predicted octanol–water partition coefficient (Wildman–Crippen LogP) is 3.54. The summed E-state index contributed by atoms with van der Waals surface area (Å²) in [6.07, 6.45) is 14.9. The Morgan fingerprint density at radius 2 is 1.79 bits per heavy atom. The number of likely N-dealkylation sites (tertiary alicyclic amines) is 1. The quantitative estimate of drug-likeness (QED) is 0.278. The average molecular weight is 463 g/mol. The van der Waals surface area contributed by atoms with Crippen molar-refractivity contribution in [2.75, 3.05) is 18.9 Å². The van der Waals surface area contributed by atoms with E-state index in [1.165, 1.54) is 19.3 Å². The summed E-state index contributed by atoms with van der Waals surface area (Å²) in [6.45, 7) is 13.2. The lowest BCUT2D eigenvalue weighted by molar-refractivity contribution is -0.124. The maximum Gasteiger partial charge on any atom is 0.373 e. The first-order valence-electron chi connectivity index (χ1n) is 11.9. The van der Waals surface area contributed by atoms with Crippen molar-refractivity contribution in [1.82, 2.24) is 24.7 Å². The molecule has 0 spiro atoms. The van der Waals surface area contributed by atoms with Gasteiger partial charge in [-0.3, -0.25) is 4.79 Å². The molecule has 33 heavy (non-hydrogen) atoms. The van der Waals surface area contributed by atoms with E-state index in [4.69, 9.17) is 5.84 Å². The highest BCUT2D eigenvalue weighted by atomic mass is 16.2. The fourth-order valence-electron chi connectivity index (χ4n) is 3.16. The monoisotopic (exact) mass is 462 g/mol. The molecule has 2 amide bonds. The maximum absolute atomic E-state index is 11.8. The van der Waals surface area contributed by atoms with Gasteiger partial charge in [-0.15, -0.1) is 9.78 Å². The van der Waals surface area contributed by atoms with Gasteiger partial charge in [0.05, 0.1) is 0 Å². The molecular weight excluding hydrogens is 420 g/mol. The van der Waals surface area contributed by atoms with E-state index in [2.05, 4.69) is 23.4 Å². The van der Waals surface area contributed by atoms with Crippen LogP contribution < -0.4 is 16.8 Å². The van der Waals surface area contributed by atoms with Crippen molar-refractivity contribution in [3.8, 4) is 0 Å². The van der Waals surface area contributed by atoms with Gasteiger partial charge in [0.25, 0.3) is 0 Å². The van der Waals surface area contributed by atoms with Gasteiger partial charge in [-0.1, -0.05) is 51.8 Å². The molecule has 0 saturated carbocycles. The van der Waals surface area contributed by atoms with Gasteiger partial charge in [-0.05, 0) is 46.5 Å². The number of amides is 2. The van der Waals surface area contributed by atoms with E-state index < -0.39 is 17.3 Å². The van der Waals surface area contributed by atoms with Crippen molar-refractivity contribution < 1.29 is 9.59 Å². The Hall–Kier alpha value is -2.84. The lowest BCUT2D eigenvalue weighted by Gasteiger charge is -2.19. The van der Waals surface area contributed by atoms with Gasteiger partial charge in [-0.2, -0.15) is 4.68 Å². The van der Waals surface area contributed by atoms with Crippen LogP contribution in [0.5, 0.6) is 0 Å². The molecular formula is C24H42N6O3. The zero-order valence-electron chi connectivity index (χ0n) is 21.1. The van der Waals surface area contributed by atoms with Crippen LogP contribution in [-0.2, 0) is 4.79 Å². The molecule has 1 fully saturated rings. The molecule has 9 heteroatoms. The second-order valence-corrected chi connectivity index (χ2v) is 9.57. The number of unbranched alkanes of at least 4 members (excludes halogenated alkanes) is 3. The summed E-state index contributed by atoms with van der Waals surface area (Å²) in [4.78, 5) is 37.0. The minimum atomic E-state index is -0.643. The van der Waals surface area contributed by atoms with Crippen LogP contribution in [0.3, 0.4) is 0 Å². The van der Waals surface area contributed by atoms with Crippen LogP contribution in [0, 0.1) is 0 Å². The summed E-state index contributed by atoms with van der Waals surface area (Å²) in [5, 5.41) is 6.57. The molecule has 1 saturated heterocycles. The smallest absolute Gasteiger partial charge is 0.339 e. The van der Waals surface area contributed by atoms with Crippen LogP contribution in [0.15, 0.2) is 29.1 Å². The first kappa shape index (κ1) is 28.2. The summed E-state index contributed by atoms with van der Waals surface area (Å²) in [7, 11) is 0. The Kier molecular flexibility index (Phi) is 11.7. The van der Waals surface area contributed by atoms with Crippen LogP contribution >= 0.6 is 0 Å². The number of nitrogens with two attached hydrogens (primary N) is 1. The van der Waals surface area contributed by atoms with Crippen LogP contribution in [0.4, 0.5) is 4.79 Å². The lowest BCUT2D eigenvalue weighted by atomic mass is 10.1. The number of aromatic nitrogens is 3. The first-order valence-corrected chi connectivity index (χ1v) is 11.9. The van der Waals surface area contributed by atoms with Crippen LogP contribution in [0.25, 0.3) is 0 Å². The number of nitrogens with zero attached hydrogens (tertiary/aromatic N) is 4. The number of nitrogen functional groups attached to an aromatic ring is 1. The standard InChI is InChI=1S/C14H23NO.C10H19N5O2/c1-2-3-4-5-6-7-8-11-14(16)15-12-9-10-13-15;1-6(2)7-13-15(9(17)14(7)11)8(16)12-10(3,4)5/h6-8,11H,2-5,9-10,12-13H2,1H3;6H,11H2,1-5H3,(H,12,16)/b7-6+,11-8+;. The van der Waals surface area contributed by atoms with Gasteiger partial charge >= 0.3 is 11.7 Å². The van der Waals surface area contributed by atoms with Gasteiger partial charge in [-0.25, -0.2) is 9.59 Å². The minimum Gasteiger partial charge on any atom is -0.339 e. The van der Waals surface area contributed by atoms with Crippen LogP contribution in [0.1, 0.15) is 91.8 Å². The topological polar surface area (TPSA) is 115 Å². The molecule has 0 aromatic carbocycles. The fraction of sp³-hybridized carbons (Fsp3) is 0.667. The fourth-order valence-corrected chi connectivity index (χ4v) is 3.16. The summed E-state index contributed by atoms with van der Waals surface area (Å²) < 4.78 is 1.65. The maximum atomic E-state index is 11.8. The summed E-state index contributed by atoms with van der Waals surface area (Å²) in [6, 6.07) is -0.575. The first-order chi connectivity index (χ1) is 15.5. The number of carbonyl (C=O) groups is 2. The van der Waals surface area contributed by atoms with Gasteiger partial charge in [0.1, 0.15) is 0 Å². The molecule has 2 rings (SSSR count). The third-order valence-electron chi connectivity index (χ3n) is 4.91. The number of nitrogens with one attached hydrogen (secondary N) is 1. The van der Waals surface area contributed by atoms with Gasteiger partial charge in [0.15, 0.2) is 5.82 Å². The predicted molar refractivity (Wildman–Crippen MR) is 133 cm³/mol. The van der Waals surface area contributed by atoms with E-state index in [0.717, 1.165) is 41.7 Å². The van der Waals surface area contributed by atoms with Crippen molar-refractivity contribution >= 4 is 11.9 Å². The molecule has 1 aliphatic heterocycles. The Morgan fingerprint density at radius 3 is 2.30 bits per heavy atom. The highest BCUT2D eigenvalue weighted by molar-refractivity contribution is 5.88. The number of carbonyl (C=O) groups excluding carboxylic acids is 2. The molecule has 3 N–H and O–H groups in total. The second-order valence-electron chi connectivity index (χ2n) is 9.57. The Morgan fingerprint density at radius 1 is 1.15 bits per heavy atom. The van der Waals surface area contributed by atoms with E-state index in [9.17, 15) is 14.4 Å². The summed E-state index contributed by atoms with van der Waals surface area (Å²) in [5.74, 6) is 6.05. The van der Waals surface area contributed by atoms with Gasteiger partial charge in [0, 0.05) is 30.6 Å². The molecule has 1 aliphatic rings. The Labute approximate surface area is 197 Å². The summed E-state index contributed by atoms with van der Waals surface area (Å²) >= 11 is 0. The number of rotatable bonds is 7.